The van der Waals surface area contributed by atoms with E-state index in [2.05, 4.69) is 6.07 Å². The summed E-state index contributed by atoms with van der Waals surface area (Å²) < 4.78 is 1.74. The maximum absolute atomic E-state index is 9.12. The van der Waals surface area contributed by atoms with E-state index in [0.717, 1.165) is 11.3 Å². The molecule has 0 saturated carbocycles. The summed E-state index contributed by atoms with van der Waals surface area (Å²) in [5.41, 5.74) is 8.84. The van der Waals surface area contributed by atoms with Gasteiger partial charge in [0.1, 0.15) is 11.9 Å². The second-order valence-electron chi connectivity index (χ2n) is 4.14. The highest BCUT2D eigenvalue weighted by Crippen LogP contribution is 2.35. The van der Waals surface area contributed by atoms with Crippen molar-refractivity contribution in [3.05, 3.63) is 44.0 Å². The molecule has 0 aliphatic carbocycles. The van der Waals surface area contributed by atoms with Crippen molar-refractivity contribution in [3.63, 3.8) is 0 Å². The standard InChI is InChI=1S/C13H10Cl3N3/c1-6-7(2)19(13(18)9(6)5-17)8-3-10(14)12(16)11(15)4-8/h3-4H,18H2,1-2H3. The molecular formula is C13H10Cl3N3. The van der Waals surface area contributed by atoms with Crippen molar-refractivity contribution >= 4 is 40.6 Å². The van der Waals surface area contributed by atoms with Crippen LogP contribution in [0.4, 0.5) is 5.82 Å². The second kappa shape index (κ2) is 4.97. The van der Waals surface area contributed by atoms with Gasteiger partial charge in [0.25, 0.3) is 0 Å². The molecule has 0 unspecified atom stereocenters. The Labute approximate surface area is 126 Å². The van der Waals surface area contributed by atoms with Crippen LogP contribution in [0.3, 0.4) is 0 Å². The molecule has 0 spiro atoms. The fourth-order valence-corrected chi connectivity index (χ4v) is 2.56. The van der Waals surface area contributed by atoms with Crippen LogP contribution in [0.5, 0.6) is 0 Å². The molecule has 1 heterocycles. The monoisotopic (exact) mass is 313 g/mol. The molecular weight excluding hydrogens is 305 g/mol. The first-order valence-electron chi connectivity index (χ1n) is 5.40. The summed E-state index contributed by atoms with van der Waals surface area (Å²) in [4.78, 5) is 0. The van der Waals surface area contributed by atoms with Crippen LogP contribution in [-0.2, 0) is 0 Å². The molecule has 6 heteroatoms. The molecule has 1 aromatic carbocycles. The van der Waals surface area contributed by atoms with E-state index < -0.39 is 0 Å². The Kier molecular flexibility index (Phi) is 3.69. The van der Waals surface area contributed by atoms with Gasteiger partial charge in [0.2, 0.25) is 0 Å². The SMILES string of the molecule is Cc1c(C#N)c(N)n(-c2cc(Cl)c(Cl)c(Cl)c2)c1C. The fourth-order valence-electron chi connectivity index (χ4n) is 1.98. The smallest absolute Gasteiger partial charge is 0.126 e. The number of hydrogen-bond acceptors (Lipinski definition) is 2. The Hall–Kier alpha value is -1.34. The van der Waals surface area contributed by atoms with E-state index in [1.165, 1.54) is 0 Å². The largest absolute Gasteiger partial charge is 0.384 e. The quantitative estimate of drug-likeness (QED) is 0.787. The fraction of sp³-hybridized carbons (Fsp3) is 0.154. The van der Waals surface area contributed by atoms with Crippen molar-refractivity contribution < 1.29 is 0 Å². The second-order valence-corrected chi connectivity index (χ2v) is 5.33. The number of nitrogens with two attached hydrogens (primary N) is 1. The van der Waals surface area contributed by atoms with Crippen LogP contribution in [0.25, 0.3) is 5.69 Å². The molecule has 1 aromatic heterocycles. The maximum Gasteiger partial charge on any atom is 0.126 e. The van der Waals surface area contributed by atoms with E-state index in [1.54, 1.807) is 16.7 Å². The number of rotatable bonds is 1. The number of nitrogen functional groups attached to an aromatic ring is 1. The van der Waals surface area contributed by atoms with E-state index in [-0.39, 0.29) is 0 Å². The number of aromatic nitrogens is 1. The van der Waals surface area contributed by atoms with Crippen molar-refractivity contribution in [1.29, 1.82) is 5.26 Å². The number of benzene rings is 1. The highest BCUT2D eigenvalue weighted by atomic mass is 35.5. The molecule has 0 saturated heterocycles. The van der Waals surface area contributed by atoms with Gasteiger partial charge in [-0.25, -0.2) is 0 Å². The number of nitriles is 1. The zero-order valence-electron chi connectivity index (χ0n) is 10.3. The number of hydrogen-bond donors (Lipinski definition) is 1. The third kappa shape index (κ3) is 2.17. The first-order valence-corrected chi connectivity index (χ1v) is 6.54. The predicted octanol–water partition coefficient (Wildman–Crippen LogP) is 4.51. The van der Waals surface area contributed by atoms with Gasteiger partial charge in [0.15, 0.2) is 0 Å². The lowest BCUT2D eigenvalue weighted by Crippen LogP contribution is -2.02. The summed E-state index contributed by atoms with van der Waals surface area (Å²) in [5.74, 6) is 0.368. The minimum atomic E-state index is 0.299. The van der Waals surface area contributed by atoms with Gasteiger partial charge in [-0.15, -0.1) is 0 Å². The van der Waals surface area contributed by atoms with Gasteiger partial charge in [-0.3, -0.25) is 4.57 Å². The van der Waals surface area contributed by atoms with Crippen LogP contribution in [0.15, 0.2) is 12.1 Å². The third-order valence-corrected chi connectivity index (χ3v) is 4.29. The average molecular weight is 315 g/mol. The van der Waals surface area contributed by atoms with Crippen LogP contribution < -0.4 is 5.73 Å². The Morgan fingerprint density at radius 2 is 1.68 bits per heavy atom. The van der Waals surface area contributed by atoms with Gasteiger partial charge in [0.05, 0.1) is 26.3 Å². The molecule has 0 aliphatic heterocycles. The van der Waals surface area contributed by atoms with E-state index in [0.29, 0.717) is 32.1 Å². The summed E-state index contributed by atoms with van der Waals surface area (Å²) in [5, 5.41) is 10.1. The molecule has 0 aliphatic rings. The Balaban J connectivity index is 2.77. The molecule has 0 atom stereocenters. The van der Waals surface area contributed by atoms with Gasteiger partial charge in [-0.1, -0.05) is 34.8 Å². The number of anilines is 1. The van der Waals surface area contributed by atoms with Crippen LogP contribution in [0.1, 0.15) is 16.8 Å². The lowest BCUT2D eigenvalue weighted by Gasteiger charge is -2.11. The normalized spacial score (nSPS) is 10.5. The molecule has 0 fully saturated rings. The zero-order valence-corrected chi connectivity index (χ0v) is 12.5. The summed E-state index contributed by atoms with van der Waals surface area (Å²) in [6.07, 6.45) is 0. The predicted molar refractivity (Wildman–Crippen MR) is 79.4 cm³/mol. The number of nitrogens with zero attached hydrogens (tertiary/aromatic N) is 2. The minimum Gasteiger partial charge on any atom is -0.384 e. The summed E-state index contributed by atoms with van der Waals surface area (Å²) in [6.45, 7) is 3.73. The van der Waals surface area contributed by atoms with Crippen LogP contribution in [-0.4, -0.2) is 4.57 Å². The first-order chi connectivity index (χ1) is 8.88. The van der Waals surface area contributed by atoms with E-state index >= 15 is 0 Å². The molecule has 2 aromatic rings. The average Bonchev–Trinajstić information content (AvgIpc) is 2.57. The summed E-state index contributed by atoms with van der Waals surface area (Å²) in [6, 6.07) is 5.43. The molecule has 19 heavy (non-hydrogen) atoms. The molecule has 98 valence electrons. The molecule has 0 radical (unpaired) electrons. The summed E-state index contributed by atoms with van der Waals surface area (Å²) in [7, 11) is 0. The Morgan fingerprint density at radius 1 is 1.16 bits per heavy atom. The number of halogens is 3. The van der Waals surface area contributed by atoms with Crippen LogP contribution >= 0.6 is 34.8 Å². The molecule has 0 amide bonds. The topological polar surface area (TPSA) is 54.7 Å². The van der Waals surface area contributed by atoms with E-state index in [1.807, 2.05) is 13.8 Å². The lowest BCUT2D eigenvalue weighted by atomic mass is 10.2. The Bertz CT molecular complexity index is 688. The molecule has 3 nitrogen and oxygen atoms in total. The van der Waals surface area contributed by atoms with Gasteiger partial charge < -0.3 is 5.73 Å². The van der Waals surface area contributed by atoms with Crippen molar-refractivity contribution in [2.24, 2.45) is 0 Å². The molecule has 2 rings (SSSR count). The lowest BCUT2D eigenvalue weighted by molar-refractivity contribution is 1.02. The third-order valence-electron chi connectivity index (χ3n) is 3.09. The van der Waals surface area contributed by atoms with Gasteiger partial charge in [-0.2, -0.15) is 5.26 Å². The van der Waals surface area contributed by atoms with Crippen molar-refractivity contribution in [2.75, 3.05) is 5.73 Å². The van der Waals surface area contributed by atoms with Crippen LogP contribution in [0.2, 0.25) is 15.1 Å². The molecule has 0 bridgehead atoms. The minimum absolute atomic E-state index is 0.299. The van der Waals surface area contributed by atoms with Crippen molar-refractivity contribution in [1.82, 2.24) is 4.57 Å². The molecule has 2 N–H and O–H groups in total. The highest BCUT2D eigenvalue weighted by molar-refractivity contribution is 6.48. The van der Waals surface area contributed by atoms with E-state index in [4.69, 9.17) is 45.8 Å². The van der Waals surface area contributed by atoms with Gasteiger partial charge >= 0.3 is 0 Å². The van der Waals surface area contributed by atoms with Crippen molar-refractivity contribution in [3.8, 4) is 11.8 Å². The first kappa shape index (κ1) is 14.1. The maximum atomic E-state index is 9.12. The van der Waals surface area contributed by atoms with Gasteiger partial charge in [0, 0.05) is 5.69 Å². The van der Waals surface area contributed by atoms with E-state index in [9.17, 15) is 0 Å². The zero-order chi connectivity index (χ0) is 14.3. The van der Waals surface area contributed by atoms with Gasteiger partial charge in [-0.05, 0) is 31.5 Å². The summed E-state index contributed by atoms with van der Waals surface area (Å²) >= 11 is 18.0. The highest BCUT2D eigenvalue weighted by Gasteiger charge is 2.17. The van der Waals surface area contributed by atoms with Crippen LogP contribution in [0, 0.1) is 25.2 Å². The van der Waals surface area contributed by atoms with Crippen molar-refractivity contribution in [2.45, 2.75) is 13.8 Å². The Morgan fingerprint density at radius 3 is 2.11 bits per heavy atom.